The highest BCUT2D eigenvalue weighted by molar-refractivity contribution is 7.96. The van der Waals surface area contributed by atoms with Gasteiger partial charge in [0.2, 0.25) is 0 Å². The van der Waals surface area contributed by atoms with Gasteiger partial charge in [-0.1, -0.05) is 0 Å². The van der Waals surface area contributed by atoms with Crippen LogP contribution < -0.4 is 4.74 Å². The largest absolute Gasteiger partial charge is 0.491 e. The first-order valence-electron chi connectivity index (χ1n) is 8.59. The predicted octanol–water partition coefficient (Wildman–Crippen LogP) is 1.15. The van der Waals surface area contributed by atoms with E-state index in [1.54, 1.807) is 19.1 Å². The summed E-state index contributed by atoms with van der Waals surface area (Å²) in [4.78, 5) is 6.22. The molecule has 0 amide bonds. The molecule has 0 unspecified atom stereocenters. The number of amidine groups is 1. The van der Waals surface area contributed by atoms with Crippen LogP contribution in [0.15, 0.2) is 34.2 Å². The van der Waals surface area contributed by atoms with Gasteiger partial charge in [0.05, 0.1) is 40.9 Å². The zero-order valence-corrected chi connectivity index (χ0v) is 16.8. The van der Waals surface area contributed by atoms with E-state index in [1.807, 2.05) is 18.7 Å². The Bertz CT molecular complexity index is 905. The van der Waals surface area contributed by atoms with Crippen LogP contribution in [0.2, 0.25) is 0 Å². The van der Waals surface area contributed by atoms with Crippen LogP contribution in [0.1, 0.15) is 20.8 Å². The first-order valence-corrected chi connectivity index (χ1v) is 12.0. The Hall–Kier alpha value is -1.61. The quantitative estimate of drug-likeness (QED) is 0.736. The molecule has 0 aliphatic carbocycles. The molecule has 2 aliphatic rings. The second kappa shape index (κ2) is 6.84. The van der Waals surface area contributed by atoms with Crippen LogP contribution in [-0.4, -0.2) is 69.6 Å². The lowest BCUT2D eigenvalue weighted by Gasteiger charge is -2.29. The summed E-state index contributed by atoms with van der Waals surface area (Å²) in [5, 5.41) is -0.993. The van der Waals surface area contributed by atoms with Crippen LogP contribution in [-0.2, 0) is 19.7 Å². The van der Waals surface area contributed by atoms with E-state index in [0.29, 0.717) is 24.7 Å². The molecule has 1 aromatic carbocycles. The summed E-state index contributed by atoms with van der Waals surface area (Å²) in [6.07, 6.45) is -0.0146. The molecule has 9 heteroatoms. The third kappa shape index (κ3) is 3.73. The van der Waals surface area contributed by atoms with E-state index in [4.69, 9.17) is 4.74 Å². The maximum atomic E-state index is 13.2. The Morgan fingerprint density at radius 2 is 1.85 bits per heavy atom. The molecule has 2 aliphatic heterocycles. The minimum absolute atomic E-state index is 0.0146. The maximum absolute atomic E-state index is 13.2. The molecule has 0 aromatic heterocycles. The van der Waals surface area contributed by atoms with Crippen molar-refractivity contribution in [1.82, 2.24) is 4.90 Å². The molecule has 1 saturated heterocycles. The highest BCUT2D eigenvalue weighted by Gasteiger charge is 2.49. The zero-order chi connectivity index (χ0) is 19.1. The second-order valence-corrected chi connectivity index (χ2v) is 11.3. The summed E-state index contributed by atoms with van der Waals surface area (Å²) >= 11 is 0. The first-order chi connectivity index (χ1) is 12.1. The molecule has 0 N–H and O–H groups in total. The van der Waals surface area contributed by atoms with Crippen molar-refractivity contribution in [3.05, 3.63) is 24.3 Å². The van der Waals surface area contributed by atoms with Gasteiger partial charge in [0, 0.05) is 6.54 Å². The maximum Gasteiger partial charge on any atom is 0.184 e. The van der Waals surface area contributed by atoms with Crippen molar-refractivity contribution in [2.45, 2.75) is 43.1 Å². The fourth-order valence-electron chi connectivity index (χ4n) is 3.52. The Morgan fingerprint density at radius 1 is 1.19 bits per heavy atom. The molecule has 2 heterocycles. The number of benzene rings is 1. The summed E-state index contributed by atoms with van der Waals surface area (Å²) in [7, 11) is -7.22. The normalized spacial score (nSPS) is 25.5. The third-order valence-electron chi connectivity index (χ3n) is 4.69. The molecule has 3 rings (SSSR count). The Kier molecular flexibility index (Phi) is 5.04. The van der Waals surface area contributed by atoms with Gasteiger partial charge in [0.1, 0.15) is 11.0 Å². The smallest absolute Gasteiger partial charge is 0.184 e. The molecule has 7 nitrogen and oxygen atoms in total. The highest BCUT2D eigenvalue weighted by atomic mass is 32.2. The van der Waals surface area contributed by atoms with E-state index in [9.17, 15) is 16.8 Å². The van der Waals surface area contributed by atoms with Gasteiger partial charge in [-0.3, -0.25) is 4.99 Å². The van der Waals surface area contributed by atoms with Gasteiger partial charge in [-0.05, 0) is 45.0 Å². The van der Waals surface area contributed by atoms with E-state index >= 15 is 0 Å². The number of hydrogen-bond acceptors (Lipinski definition) is 7. The van der Waals surface area contributed by atoms with Crippen molar-refractivity contribution in [3.63, 3.8) is 0 Å². The molecule has 0 spiro atoms. The standard InChI is InChI=1S/C17H24N2O5S2/c1-12(2)24-14-4-6-15(7-5-14)26(22,23)17-11-25(20,21)10-16(17)19-9-8-18-13(19)3/h4-7,12,16-17H,8-11H2,1-3H3/t16-,17-/m0/s1. The van der Waals surface area contributed by atoms with Gasteiger partial charge in [0.25, 0.3) is 0 Å². The number of nitrogens with zero attached hydrogens (tertiary/aromatic N) is 2. The summed E-state index contributed by atoms with van der Waals surface area (Å²) in [5.74, 6) is 0.775. The fourth-order valence-corrected chi connectivity index (χ4v) is 8.29. The molecular weight excluding hydrogens is 376 g/mol. The zero-order valence-electron chi connectivity index (χ0n) is 15.1. The molecule has 0 saturated carbocycles. The number of aliphatic imine (C=N–C) groups is 1. The van der Waals surface area contributed by atoms with Crippen LogP contribution in [0.5, 0.6) is 5.75 Å². The minimum Gasteiger partial charge on any atom is -0.491 e. The number of rotatable bonds is 5. The van der Waals surface area contributed by atoms with Gasteiger partial charge in [0.15, 0.2) is 19.7 Å². The molecule has 26 heavy (non-hydrogen) atoms. The number of sulfone groups is 2. The van der Waals surface area contributed by atoms with Crippen molar-refractivity contribution < 1.29 is 21.6 Å². The molecule has 2 atom stereocenters. The average molecular weight is 401 g/mol. The summed E-state index contributed by atoms with van der Waals surface area (Å²) in [5.41, 5.74) is 0. The fraction of sp³-hybridized carbons (Fsp3) is 0.588. The van der Waals surface area contributed by atoms with E-state index in [-0.39, 0.29) is 22.5 Å². The van der Waals surface area contributed by atoms with Gasteiger partial charge >= 0.3 is 0 Å². The second-order valence-electron chi connectivity index (χ2n) is 6.99. The minimum atomic E-state index is -3.80. The van der Waals surface area contributed by atoms with E-state index in [2.05, 4.69) is 4.99 Å². The number of hydrogen-bond donors (Lipinski definition) is 0. The monoisotopic (exact) mass is 400 g/mol. The van der Waals surface area contributed by atoms with Crippen molar-refractivity contribution in [2.75, 3.05) is 24.6 Å². The average Bonchev–Trinajstić information content (AvgIpc) is 3.10. The Labute approximate surface area is 154 Å². The van der Waals surface area contributed by atoms with Gasteiger partial charge in [-0.25, -0.2) is 16.8 Å². The van der Waals surface area contributed by atoms with Gasteiger partial charge < -0.3 is 9.64 Å². The molecular formula is C17H24N2O5S2. The summed E-state index contributed by atoms with van der Waals surface area (Å²) in [6, 6.07) is 5.59. The van der Waals surface area contributed by atoms with Crippen molar-refractivity contribution >= 4 is 25.5 Å². The van der Waals surface area contributed by atoms with Crippen LogP contribution in [0.4, 0.5) is 0 Å². The van der Waals surface area contributed by atoms with E-state index in [1.165, 1.54) is 12.1 Å². The van der Waals surface area contributed by atoms with E-state index in [0.717, 1.165) is 0 Å². The predicted molar refractivity (Wildman–Crippen MR) is 100 cm³/mol. The van der Waals surface area contributed by atoms with Crippen LogP contribution in [0, 0.1) is 0 Å². The van der Waals surface area contributed by atoms with Gasteiger partial charge in [-0.15, -0.1) is 0 Å². The molecule has 1 aromatic rings. The summed E-state index contributed by atoms with van der Waals surface area (Å²) in [6.45, 7) is 6.69. The van der Waals surface area contributed by atoms with Crippen LogP contribution in [0.3, 0.4) is 0 Å². The number of ether oxygens (including phenoxy) is 1. The van der Waals surface area contributed by atoms with Crippen LogP contribution >= 0.6 is 0 Å². The van der Waals surface area contributed by atoms with Crippen molar-refractivity contribution in [3.8, 4) is 5.75 Å². The third-order valence-corrected chi connectivity index (χ3v) is 8.83. The highest BCUT2D eigenvalue weighted by Crippen LogP contribution is 2.31. The first kappa shape index (κ1) is 19.2. The molecule has 1 fully saturated rings. The lowest BCUT2D eigenvalue weighted by molar-refractivity contribution is 0.242. The lowest BCUT2D eigenvalue weighted by atomic mass is 10.2. The van der Waals surface area contributed by atoms with Crippen molar-refractivity contribution in [2.24, 2.45) is 4.99 Å². The Balaban J connectivity index is 1.92. The van der Waals surface area contributed by atoms with E-state index < -0.39 is 31.0 Å². The lowest BCUT2D eigenvalue weighted by Crippen LogP contribution is -2.47. The van der Waals surface area contributed by atoms with Gasteiger partial charge in [-0.2, -0.15) is 0 Å². The molecule has 0 bridgehead atoms. The van der Waals surface area contributed by atoms with Crippen LogP contribution in [0.25, 0.3) is 0 Å². The molecule has 144 valence electrons. The SMILES string of the molecule is CC1=NCCN1[C@H]1CS(=O)(=O)C[C@@H]1S(=O)(=O)c1ccc(OC(C)C)cc1. The molecule has 0 radical (unpaired) electrons. The van der Waals surface area contributed by atoms with Crippen molar-refractivity contribution in [1.29, 1.82) is 0 Å². The summed E-state index contributed by atoms with van der Waals surface area (Å²) < 4.78 is 56.3. The Morgan fingerprint density at radius 3 is 2.38 bits per heavy atom. The topological polar surface area (TPSA) is 93.1 Å².